The number of hydrogen-bond donors (Lipinski definition) is 0. The van der Waals surface area contributed by atoms with Crippen LogP contribution in [0.4, 0.5) is 37.8 Å². The molecule has 2 saturated carbocycles. The number of nitrogens with zero attached hydrogens (tertiary/aromatic N) is 4. The Morgan fingerprint density at radius 2 is 1.36 bits per heavy atom. The van der Waals surface area contributed by atoms with Crippen molar-refractivity contribution in [3.8, 4) is 0 Å². The van der Waals surface area contributed by atoms with Gasteiger partial charge in [-0.1, -0.05) is 0 Å². The molecule has 0 spiro atoms. The molecule has 0 N–H and O–H groups in total. The van der Waals surface area contributed by atoms with Gasteiger partial charge in [-0.15, -0.1) is 0 Å². The Morgan fingerprint density at radius 3 is 1.84 bits per heavy atom. The highest BCUT2D eigenvalue weighted by atomic mass is 32.2. The van der Waals surface area contributed by atoms with Crippen molar-refractivity contribution in [1.82, 2.24) is 9.13 Å². The highest BCUT2D eigenvalue weighted by Gasteiger charge is 2.61. The second-order valence-electron chi connectivity index (χ2n) is 16.2. The SMILES string of the molecule is CN1CN(C(OS(C)(=O)=O)C2CCCC(O[Si](C)(C)C)(C(F)(F)F)C2)c2c1c(=O)n(CC1CCCC(O[Si](C)(C)C)(C(F)(F)F)C1)c(=O)n2C. The van der Waals surface area contributed by atoms with Gasteiger partial charge in [0.15, 0.2) is 34.1 Å². The average molecular weight is 781 g/mol. The van der Waals surface area contributed by atoms with Gasteiger partial charge in [0.2, 0.25) is 0 Å². The first-order valence-corrected chi connectivity index (χ1v) is 25.4. The summed E-state index contributed by atoms with van der Waals surface area (Å²) in [6.45, 7) is 9.39. The van der Waals surface area contributed by atoms with Crippen LogP contribution in [0.2, 0.25) is 39.3 Å². The minimum Gasteiger partial charge on any atom is -0.404 e. The highest BCUT2D eigenvalue weighted by molar-refractivity contribution is 7.86. The van der Waals surface area contributed by atoms with Gasteiger partial charge in [0.05, 0.1) is 12.9 Å². The number of anilines is 2. The molecule has 11 nitrogen and oxygen atoms in total. The molecule has 3 aliphatic rings. The normalized spacial score (nSPS) is 27.8. The fourth-order valence-corrected chi connectivity index (χ4v) is 11.5. The Morgan fingerprint density at radius 1 is 0.860 bits per heavy atom. The molecule has 5 atom stereocenters. The molecule has 4 rings (SSSR count). The molecular formula is C30H50F6N4O7SSi2. The lowest BCUT2D eigenvalue weighted by Crippen LogP contribution is -2.58. The second-order valence-corrected chi connectivity index (χ2v) is 26.6. The number of halogens is 6. The Balaban J connectivity index is 1.76. The molecule has 0 radical (unpaired) electrons. The van der Waals surface area contributed by atoms with Crippen molar-refractivity contribution in [2.45, 2.75) is 127 Å². The van der Waals surface area contributed by atoms with Gasteiger partial charge in [-0.05, 0) is 96.6 Å². The summed E-state index contributed by atoms with van der Waals surface area (Å²) in [6, 6.07) is 0. The predicted octanol–water partition coefficient (Wildman–Crippen LogP) is 5.75. The van der Waals surface area contributed by atoms with E-state index >= 15 is 0 Å². The number of aromatic nitrogens is 2. The van der Waals surface area contributed by atoms with Crippen LogP contribution in [0.3, 0.4) is 0 Å². The summed E-state index contributed by atoms with van der Waals surface area (Å²) >= 11 is 0. The third-order valence-corrected chi connectivity index (χ3v) is 12.1. The first-order valence-electron chi connectivity index (χ1n) is 16.7. The van der Waals surface area contributed by atoms with E-state index < -0.39 is 92.5 Å². The van der Waals surface area contributed by atoms with E-state index in [2.05, 4.69) is 0 Å². The molecule has 20 heteroatoms. The van der Waals surface area contributed by atoms with Crippen molar-refractivity contribution >= 4 is 38.3 Å². The zero-order valence-corrected chi connectivity index (χ0v) is 32.9. The van der Waals surface area contributed by atoms with Gasteiger partial charge in [0.1, 0.15) is 11.5 Å². The van der Waals surface area contributed by atoms with Crippen LogP contribution in [0.5, 0.6) is 0 Å². The Hall–Kier alpha value is -1.88. The third kappa shape index (κ3) is 8.50. The van der Waals surface area contributed by atoms with E-state index in [9.17, 15) is 44.3 Å². The van der Waals surface area contributed by atoms with Crippen LogP contribution in [0.25, 0.3) is 0 Å². The predicted molar refractivity (Wildman–Crippen MR) is 182 cm³/mol. The standard InChI is InChI=1S/C30H50F6N4O7SSi2/c1-37-19-40(25(45-48(3,43)44)21-13-11-15-28(17-21,30(34,35)36)47-50(7,8)9)23-22(37)24(41)39(26(42)38(23)2)18-20-12-10-14-27(16-20,29(31,32)33)46-49(4,5)6/h20-21,25H,10-19H2,1-9H3. The topological polar surface area (TPSA) is 112 Å². The summed E-state index contributed by atoms with van der Waals surface area (Å²) in [5, 5.41) is 0. The Kier molecular flexibility index (Phi) is 11.1. The maximum atomic E-state index is 14.7. The number of rotatable bonds is 10. The molecule has 0 amide bonds. The maximum Gasteiger partial charge on any atom is 0.416 e. The summed E-state index contributed by atoms with van der Waals surface area (Å²) in [7, 11) is -6.91. The molecule has 0 saturated heterocycles. The lowest BCUT2D eigenvalue weighted by Gasteiger charge is -2.47. The van der Waals surface area contributed by atoms with Crippen LogP contribution in [-0.2, 0) is 36.7 Å². The molecule has 1 aromatic heterocycles. The van der Waals surface area contributed by atoms with Gasteiger partial charge >= 0.3 is 18.0 Å². The van der Waals surface area contributed by atoms with E-state index in [0.717, 1.165) is 15.4 Å². The largest absolute Gasteiger partial charge is 0.416 e. The molecule has 2 heterocycles. The summed E-state index contributed by atoms with van der Waals surface area (Å²) in [5.41, 5.74) is -6.68. The molecule has 0 bridgehead atoms. The minimum atomic E-state index is -4.77. The van der Waals surface area contributed by atoms with Gasteiger partial charge < -0.3 is 18.7 Å². The molecule has 50 heavy (non-hydrogen) atoms. The Bertz CT molecular complexity index is 1660. The lowest BCUT2D eigenvalue weighted by molar-refractivity contribution is -0.268. The molecule has 1 aromatic rings. The van der Waals surface area contributed by atoms with Crippen LogP contribution >= 0.6 is 0 Å². The highest BCUT2D eigenvalue weighted by Crippen LogP contribution is 2.51. The van der Waals surface area contributed by atoms with Gasteiger partial charge in [-0.3, -0.25) is 13.9 Å². The van der Waals surface area contributed by atoms with E-state index in [0.29, 0.717) is 6.42 Å². The van der Waals surface area contributed by atoms with E-state index in [1.807, 2.05) is 0 Å². The van der Waals surface area contributed by atoms with Crippen LogP contribution in [0.15, 0.2) is 9.59 Å². The zero-order valence-electron chi connectivity index (χ0n) is 30.1. The third-order valence-electron chi connectivity index (χ3n) is 9.53. The first-order chi connectivity index (χ1) is 22.5. The fraction of sp³-hybridized carbons (Fsp3) is 0.867. The van der Waals surface area contributed by atoms with Crippen LogP contribution in [0.1, 0.15) is 51.4 Å². The molecule has 0 aromatic carbocycles. The number of alkyl halides is 6. The maximum absolute atomic E-state index is 14.7. The molecule has 2 fully saturated rings. The van der Waals surface area contributed by atoms with Crippen molar-refractivity contribution in [1.29, 1.82) is 0 Å². The molecular weight excluding hydrogens is 731 g/mol. The van der Waals surface area contributed by atoms with Crippen molar-refractivity contribution in [3.05, 3.63) is 20.8 Å². The van der Waals surface area contributed by atoms with Crippen molar-refractivity contribution in [2.24, 2.45) is 18.9 Å². The summed E-state index contributed by atoms with van der Waals surface area (Å²) in [6.07, 6.45) is -11.1. The van der Waals surface area contributed by atoms with E-state index in [1.54, 1.807) is 39.3 Å². The molecule has 288 valence electrons. The van der Waals surface area contributed by atoms with E-state index in [1.165, 1.54) is 23.9 Å². The second kappa shape index (κ2) is 13.5. The van der Waals surface area contributed by atoms with Crippen LogP contribution < -0.4 is 21.0 Å². The summed E-state index contributed by atoms with van der Waals surface area (Å²) < 4.78 is 132. The van der Waals surface area contributed by atoms with Gasteiger partial charge in [0, 0.05) is 26.6 Å². The van der Waals surface area contributed by atoms with Crippen LogP contribution in [-0.4, -0.2) is 83.9 Å². The molecule has 5 unspecified atom stereocenters. The fourth-order valence-electron chi connectivity index (χ4n) is 7.97. The average Bonchev–Trinajstić information content (AvgIpc) is 3.26. The van der Waals surface area contributed by atoms with Crippen LogP contribution in [0, 0.1) is 11.8 Å². The van der Waals surface area contributed by atoms with E-state index in [-0.39, 0.29) is 56.8 Å². The molecule has 2 aliphatic carbocycles. The number of fused-ring (bicyclic) bond motifs is 1. The smallest absolute Gasteiger partial charge is 0.404 e. The van der Waals surface area contributed by atoms with Gasteiger partial charge in [0.25, 0.3) is 15.7 Å². The van der Waals surface area contributed by atoms with Crippen molar-refractivity contribution in [2.75, 3.05) is 29.8 Å². The monoisotopic (exact) mass is 780 g/mol. The Labute approximate surface area is 291 Å². The summed E-state index contributed by atoms with van der Waals surface area (Å²) in [5.74, 6) is -1.83. The van der Waals surface area contributed by atoms with Gasteiger partial charge in [-0.2, -0.15) is 34.8 Å². The first kappa shape index (κ1) is 40.9. The zero-order chi connectivity index (χ0) is 38.0. The van der Waals surface area contributed by atoms with E-state index in [4.69, 9.17) is 13.0 Å². The number of hydrogen-bond acceptors (Lipinski definition) is 9. The summed E-state index contributed by atoms with van der Waals surface area (Å²) in [4.78, 5) is 30.6. The van der Waals surface area contributed by atoms with Gasteiger partial charge in [-0.25, -0.2) is 8.98 Å². The van der Waals surface area contributed by atoms with Crippen molar-refractivity contribution < 1.29 is 47.8 Å². The molecule has 1 aliphatic heterocycles. The minimum absolute atomic E-state index is 0.0531. The van der Waals surface area contributed by atoms with Crippen molar-refractivity contribution in [3.63, 3.8) is 0 Å². The quantitative estimate of drug-likeness (QED) is 0.167. The lowest BCUT2D eigenvalue weighted by atomic mass is 9.76.